The second-order valence-corrected chi connectivity index (χ2v) is 12.8. The fourth-order valence-electron chi connectivity index (χ4n) is 8.15. The van der Waals surface area contributed by atoms with Crippen LogP contribution in [0.1, 0.15) is 49.9 Å². The normalized spacial score (nSPS) is 29.8. The lowest BCUT2D eigenvalue weighted by molar-refractivity contribution is -0.142. The number of aliphatic imine (C=N–C) groups is 1. The van der Waals surface area contributed by atoms with Crippen molar-refractivity contribution in [2.45, 2.75) is 64.0 Å². The lowest BCUT2D eigenvalue weighted by atomic mass is 9.53. The number of urea groups is 1. The molecule has 1 aromatic heterocycles. The van der Waals surface area contributed by atoms with E-state index >= 15 is 0 Å². The summed E-state index contributed by atoms with van der Waals surface area (Å²) in [7, 11) is 0. The van der Waals surface area contributed by atoms with Gasteiger partial charge in [-0.1, -0.05) is 12.1 Å². The summed E-state index contributed by atoms with van der Waals surface area (Å²) < 4.78 is 11.7. The van der Waals surface area contributed by atoms with Crippen LogP contribution >= 0.6 is 0 Å². The monoisotopic (exact) mass is 573 g/mol. The molecule has 3 amide bonds. The van der Waals surface area contributed by atoms with E-state index in [1.165, 1.54) is 19.3 Å². The van der Waals surface area contributed by atoms with Gasteiger partial charge in [0.05, 0.1) is 0 Å². The van der Waals surface area contributed by atoms with Crippen molar-refractivity contribution >= 4 is 23.8 Å². The number of hydrogen-bond acceptors (Lipinski definition) is 7. The lowest BCUT2D eigenvalue weighted by Gasteiger charge is -2.56. The van der Waals surface area contributed by atoms with E-state index in [0.717, 1.165) is 48.4 Å². The van der Waals surface area contributed by atoms with E-state index < -0.39 is 6.10 Å². The maximum absolute atomic E-state index is 13.5. The topological polar surface area (TPSA) is 121 Å². The zero-order valence-electron chi connectivity index (χ0n) is 24.3. The van der Waals surface area contributed by atoms with Gasteiger partial charge in [0.2, 0.25) is 12.1 Å². The SMILES string of the molecule is Cc1cc(C)nc(/N=C(/NC(=O)NC23CC4CC(CC(C4)C2)C3)N2CCN(C(=O)C3COc4ccccc4O3)CC2)n1. The van der Waals surface area contributed by atoms with Crippen LogP contribution in [-0.2, 0) is 4.79 Å². The zero-order valence-corrected chi connectivity index (χ0v) is 24.3. The van der Waals surface area contributed by atoms with Gasteiger partial charge in [-0.3, -0.25) is 10.1 Å². The van der Waals surface area contributed by atoms with E-state index in [2.05, 4.69) is 20.6 Å². The standard InChI is InChI=1S/C31H39N7O4/c1-19-11-20(2)33-28(32-19)34-29(35-30(40)36-31-15-21-12-22(16-31)14-23(13-21)17-31)38-9-7-37(8-10-38)27(39)26-18-41-24-5-3-4-6-25(24)42-26/h3-6,11,21-23,26H,7-10,12-18H2,1-2H3,(H2,32,33,34,35,36,40). The van der Waals surface area contributed by atoms with E-state index in [1.807, 2.05) is 49.1 Å². The average Bonchev–Trinajstić information content (AvgIpc) is 2.95. The Bertz CT molecular complexity index is 1350. The number of piperazine rings is 1. The maximum atomic E-state index is 13.5. The molecule has 2 N–H and O–H groups in total. The first kappa shape index (κ1) is 27.0. The van der Waals surface area contributed by atoms with Crippen molar-refractivity contribution in [3.05, 3.63) is 41.7 Å². The zero-order chi connectivity index (χ0) is 28.8. The van der Waals surface area contributed by atoms with Gasteiger partial charge in [0.1, 0.15) is 6.61 Å². The summed E-state index contributed by atoms with van der Waals surface area (Å²) >= 11 is 0. The molecule has 1 saturated heterocycles. The third-order valence-electron chi connectivity index (χ3n) is 9.49. The number of nitrogens with zero attached hydrogens (tertiary/aromatic N) is 5. The molecular formula is C31H39N7O4. The van der Waals surface area contributed by atoms with Crippen LogP contribution in [0.5, 0.6) is 11.5 Å². The van der Waals surface area contributed by atoms with E-state index in [1.54, 1.807) is 4.90 Å². The molecule has 4 bridgehead atoms. The Morgan fingerprint density at radius 1 is 0.905 bits per heavy atom. The van der Waals surface area contributed by atoms with Gasteiger partial charge in [-0.05, 0) is 88.3 Å². The van der Waals surface area contributed by atoms with Crippen molar-refractivity contribution in [2.75, 3.05) is 32.8 Å². The summed E-state index contributed by atoms with van der Waals surface area (Å²) in [6, 6.07) is 9.05. The predicted octanol–water partition coefficient (Wildman–Crippen LogP) is 3.33. The summed E-state index contributed by atoms with van der Waals surface area (Å²) in [6.45, 7) is 5.91. The number of guanidine groups is 1. The number of para-hydroxylation sites is 2. The highest BCUT2D eigenvalue weighted by molar-refractivity contribution is 5.97. The molecule has 5 fully saturated rings. The number of carbonyl (C=O) groups is 2. The van der Waals surface area contributed by atoms with E-state index in [4.69, 9.17) is 14.5 Å². The molecule has 0 spiro atoms. The second-order valence-electron chi connectivity index (χ2n) is 12.8. The van der Waals surface area contributed by atoms with E-state index in [9.17, 15) is 9.59 Å². The Morgan fingerprint density at radius 2 is 1.50 bits per heavy atom. The molecule has 11 heteroatoms. The largest absolute Gasteiger partial charge is 0.485 e. The van der Waals surface area contributed by atoms with Crippen molar-refractivity contribution in [1.29, 1.82) is 0 Å². The first-order chi connectivity index (χ1) is 20.3. The molecule has 4 saturated carbocycles. The Balaban J connectivity index is 1.04. The maximum Gasteiger partial charge on any atom is 0.321 e. The molecule has 1 aromatic carbocycles. The minimum Gasteiger partial charge on any atom is -0.485 e. The number of benzene rings is 1. The molecule has 3 heterocycles. The van der Waals surface area contributed by atoms with Gasteiger partial charge in [0, 0.05) is 43.1 Å². The van der Waals surface area contributed by atoms with Gasteiger partial charge in [-0.25, -0.2) is 14.8 Å². The minimum atomic E-state index is -0.688. The van der Waals surface area contributed by atoms with Crippen molar-refractivity contribution in [3.8, 4) is 11.5 Å². The quantitative estimate of drug-likeness (QED) is 0.427. The number of carbonyl (C=O) groups excluding carboxylic acids is 2. The molecular weight excluding hydrogens is 534 g/mol. The lowest BCUT2D eigenvalue weighted by Crippen LogP contribution is -2.63. The molecule has 8 rings (SSSR count). The van der Waals surface area contributed by atoms with Crippen LogP contribution in [0.2, 0.25) is 0 Å². The molecule has 2 aliphatic heterocycles. The molecule has 6 aliphatic rings. The third-order valence-corrected chi connectivity index (χ3v) is 9.49. The number of ether oxygens (including phenoxy) is 2. The summed E-state index contributed by atoms with van der Waals surface area (Å²) in [5.74, 6) is 4.02. The van der Waals surface area contributed by atoms with Crippen molar-refractivity contribution in [1.82, 2.24) is 30.4 Å². The van der Waals surface area contributed by atoms with Gasteiger partial charge in [-0.15, -0.1) is 0 Å². The molecule has 11 nitrogen and oxygen atoms in total. The van der Waals surface area contributed by atoms with Crippen LogP contribution in [-0.4, -0.2) is 82.1 Å². The number of hydrogen-bond donors (Lipinski definition) is 2. The van der Waals surface area contributed by atoms with Crippen molar-refractivity contribution < 1.29 is 19.1 Å². The van der Waals surface area contributed by atoms with Gasteiger partial charge >= 0.3 is 6.03 Å². The molecule has 4 aliphatic carbocycles. The van der Waals surface area contributed by atoms with Crippen molar-refractivity contribution in [2.24, 2.45) is 22.7 Å². The molecule has 1 atom stereocenters. The van der Waals surface area contributed by atoms with Gasteiger partial charge in [0.15, 0.2) is 11.5 Å². The second kappa shape index (κ2) is 10.7. The summed E-state index contributed by atoms with van der Waals surface area (Å²) in [5, 5.41) is 6.45. The van der Waals surface area contributed by atoms with Gasteiger partial charge < -0.3 is 24.6 Å². The van der Waals surface area contributed by atoms with Crippen LogP contribution in [0.3, 0.4) is 0 Å². The Morgan fingerprint density at radius 3 is 2.14 bits per heavy atom. The van der Waals surface area contributed by atoms with E-state index in [0.29, 0.717) is 49.6 Å². The Kier molecular flexibility index (Phi) is 6.90. The number of aromatic nitrogens is 2. The van der Waals surface area contributed by atoms with Crippen LogP contribution in [0.15, 0.2) is 35.3 Å². The smallest absolute Gasteiger partial charge is 0.321 e. The Hall–Kier alpha value is -3.89. The molecule has 42 heavy (non-hydrogen) atoms. The average molecular weight is 574 g/mol. The predicted molar refractivity (Wildman–Crippen MR) is 156 cm³/mol. The highest BCUT2D eigenvalue weighted by atomic mass is 16.6. The molecule has 1 unspecified atom stereocenters. The van der Waals surface area contributed by atoms with E-state index in [-0.39, 0.29) is 24.1 Å². The fourth-order valence-corrected chi connectivity index (χ4v) is 8.15. The van der Waals surface area contributed by atoms with Crippen LogP contribution in [0.25, 0.3) is 0 Å². The fraction of sp³-hybridized carbons (Fsp3) is 0.581. The number of nitrogens with one attached hydrogen (secondary N) is 2. The summed E-state index contributed by atoms with van der Waals surface area (Å²) in [6.07, 6.45) is 6.45. The van der Waals surface area contributed by atoms with Crippen molar-refractivity contribution in [3.63, 3.8) is 0 Å². The molecule has 0 radical (unpaired) electrons. The highest BCUT2D eigenvalue weighted by Crippen LogP contribution is 2.55. The van der Waals surface area contributed by atoms with Gasteiger partial charge in [-0.2, -0.15) is 4.99 Å². The molecule has 2 aromatic rings. The number of amides is 3. The minimum absolute atomic E-state index is 0.104. The highest BCUT2D eigenvalue weighted by Gasteiger charge is 2.51. The number of fused-ring (bicyclic) bond motifs is 1. The van der Waals surface area contributed by atoms with Crippen LogP contribution in [0, 0.1) is 31.6 Å². The first-order valence-electron chi connectivity index (χ1n) is 15.2. The first-order valence-corrected chi connectivity index (χ1v) is 15.2. The van der Waals surface area contributed by atoms with Gasteiger partial charge in [0.25, 0.3) is 11.9 Å². The number of aryl methyl sites for hydroxylation is 2. The van der Waals surface area contributed by atoms with Crippen LogP contribution in [0.4, 0.5) is 10.7 Å². The third kappa shape index (κ3) is 5.48. The van der Waals surface area contributed by atoms with Crippen LogP contribution < -0.4 is 20.1 Å². The Labute approximate surface area is 246 Å². The summed E-state index contributed by atoms with van der Waals surface area (Å²) in [5.41, 5.74) is 1.50. The molecule has 222 valence electrons. The summed E-state index contributed by atoms with van der Waals surface area (Å²) in [4.78, 5) is 44.3. The number of rotatable bonds is 3.